The third-order valence-electron chi connectivity index (χ3n) is 3.05. The van der Waals surface area contributed by atoms with Gasteiger partial charge in [-0.05, 0) is 26.3 Å². The lowest BCUT2D eigenvalue weighted by Gasteiger charge is -2.40. The van der Waals surface area contributed by atoms with E-state index in [4.69, 9.17) is 15.6 Å². The van der Waals surface area contributed by atoms with Gasteiger partial charge in [0.15, 0.2) is 0 Å². The maximum Gasteiger partial charge on any atom is 0.0936 e. The summed E-state index contributed by atoms with van der Waals surface area (Å²) < 4.78 is 5.62. The fraction of sp³-hybridized carbons (Fsp3) is 1.00. The first-order chi connectivity index (χ1) is 7.21. The molecular weight excluding hydrogens is 192 g/mol. The lowest BCUT2D eigenvalue weighted by atomic mass is 10.1. The van der Waals surface area contributed by atoms with E-state index < -0.39 is 0 Å². The third-order valence-corrected chi connectivity index (χ3v) is 3.05. The van der Waals surface area contributed by atoms with Gasteiger partial charge < -0.3 is 15.6 Å². The van der Waals surface area contributed by atoms with Crippen LogP contribution in [0, 0.1) is 0 Å². The van der Waals surface area contributed by atoms with Gasteiger partial charge in [-0.3, -0.25) is 4.90 Å². The maximum absolute atomic E-state index is 9.13. The molecule has 90 valence electrons. The average molecular weight is 216 g/mol. The summed E-state index contributed by atoms with van der Waals surface area (Å²) in [5.41, 5.74) is 5.61. The molecule has 15 heavy (non-hydrogen) atoms. The predicted molar refractivity (Wildman–Crippen MR) is 60.7 cm³/mol. The Morgan fingerprint density at radius 1 is 1.53 bits per heavy atom. The molecule has 1 aliphatic rings. The SMILES string of the molecule is CCC(CCN)N1CC(C)OC(CO)C1. The first-order valence-electron chi connectivity index (χ1n) is 5.91. The molecule has 0 aromatic heterocycles. The normalized spacial score (nSPS) is 30.4. The molecule has 3 atom stereocenters. The van der Waals surface area contributed by atoms with E-state index >= 15 is 0 Å². The minimum atomic E-state index is -0.0272. The van der Waals surface area contributed by atoms with Crippen LogP contribution in [0.15, 0.2) is 0 Å². The molecule has 1 heterocycles. The lowest BCUT2D eigenvalue weighted by molar-refractivity contribution is -0.106. The minimum Gasteiger partial charge on any atom is -0.394 e. The van der Waals surface area contributed by atoms with Gasteiger partial charge >= 0.3 is 0 Å². The lowest BCUT2D eigenvalue weighted by Crippen LogP contribution is -2.52. The van der Waals surface area contributed by atoms with E-state index in [2.05, 4.69) is 18.7 Å². The highest BCUT2D eigenvalue weighted by Crippen LogP contribution is 2.17. The average Bonchev–Trinajstić information content (AvgIpc) is 2.24. The molecule has 0 amide bonds. The van der Waals surface area contributed by atoms with Crippen LogP contribution in [-0.4, -0.2) is 54.5 Å². The largest absolute Gasteiger partial charge is 0.394 e. The van der Waals surface area contributed by atoms with Crippen molar-refractivity contribution in [2.75, 3.05) is 26.2 Å². The third kappa shape index (κ3) is 3.72. The molecule has 0 aliphatic carbocycles. The molecule has 0 radical (unpaired) electrons. The van der Waals surface area contributed by atoms with Crippen LogP contribution in [0.1, 0.15) is 26.7 Å². The summed E-state index contributed by atoms with van der Waals surface area (Å²) in [6.45, 7) is 6.88. The van der Waals surface area contributed by atoms with E-state index in [0.717, 1.165) is 32.5 Å². The Labute approximate surface area is 92.4 Å². The van der Waals surface area contributed by atoms with Gasteiger partial charge in [0.1, 0.15) is 0 Å². The van der Waals surface area contributed by atoms with E-state index in [1.807, 2.05) is 0 Å². The monoisotopic (exact) mass is 216 g/mol. The summed E-state index contributed by atoms with van der Waals surface area (Å²) in [4.78, 5) is 2.40. The van der Waals surface area contributed by atoms with Gasteiger partial charge in [0, 0.05) is 19.1 Å². The van der Waals surface area contributed by atoms with Gasteiger partial charge in [-0.1, -0.05) is 6.92 Å². The summed E-state index contributed by atoms with van der Waals surface area (Å²) in [5.74, 6) is 0. The van der Waals surface area contributed by atoms with Crippen LogP contribution in [0.25, 0.3) is 0 Å². The summed E-state index contributed by atoms with van der Waals surface area (Å²) in [6.07, 6.45) is 2.33. The molecule has 0 bridgehead atoms. The van der Waals surface area contributed by atoms with Crippen molar-refractivity contribution in [2.24, 2.45) is 5.73 Å². The zero-order valence-corrected chi connectivity index (χ0v) is 9.85. The molecule has 0 aromatic rings. The van der Waals surface area contributed by atoms with Crippen molar-refractivity contribution in [3.05, 3.63) is 0 Å². The topological polar surface area (TPSA) is 58.7 Å². The first kappa shape index (κ1) is 12.9. The summed E-state index contributed by atoms with van der Waals surface area (Å²) in [7, 11) is 0. The maximum atomic E-state index is 9.13. The highest BCUT2D eigenvalue weighted by Gasteiger charge is 2.28. The number of ether oxygens (including phenoxy) is 1. The van der Waals surface area contributed by atoms with Gasteiger partial charge in [-0.15, -0.1) is 0 Å². The van der Waals surface area contributed by atoms with Crippen LogP contribution in [0.2, 0.25) is 0 Å². The van der Waals surface area contributed by atoms with Gasteiger partial charge in [0.05, 0.1) is 18.8 Å². The van der Waals surface area contributed by atoms with E-state index in [1.54, 1.807) is 0 Å². The van der Waals surface area contributed by atoms with Crippen LogP contribution in [0.3, 0.4) is 0 Å². The number of rotatable bonds is 5. The van der Waals surface area contributed by atoms with E-state index in [-0.39, 0.29) is 18.8 Å². The van der Waals surface area contributed by atoms with E-state index in [9.17, 15) is 0 Å². The number of aliphatic hydroxyl groups is 1. The number of aliphatic hydroxyl groups excluding tert-OH is 1. The molecule has 4 nitrogen and oxygen atoms in total. The fourth-order valence-corrected chi connectivity index (χ4v) is 2.32. The first-order valence-corrected chi connectivity index (χ1v) is 5.91. The molecule has 4 heteroatoms. The van der Waals surface area contributed by atoms with Crippen LogP contribution >= 0.6 is 0 Å². The minimum absolute atomic E-state index is 0.0272. The predicted octanol–water partition coefficient (Wildman–Crippen LogP) is 0.195. The molecule has 3 N–H and O–H groups in total. The molecule has 1 fully saturated rings. The standard InChI is InChI=1S/C11H24N2O2/c1-3-10(4-5-12)13-6-9(2)15-11(7-13)8-14/h9-11,14H,3-8,12H2,1-2H3. The zero-order chi connectivity index (χ0) is 11.3. The number of nitrogens with zero attached hydrogens (tertiary/aromatic N) is 1. The molecule has 1 aliphatic heterocycles. The van der Waals surface area contributed by atoms with Crippen LogP contribution in [-0.2, 0) is 4.74 Å². The van der Waals surface area contributed by atoms with Crippen molar-refractivity contribution in [1.82, 2.24) is 4.90 Å². The summed E-state index contributed by atoms with van der Waals surface area (Å²) in [5, 5.41) is 9.13. The Morgan fingerprint density at radius 3 is 2.80 bits per heavy atom. The molecule has 1 rings (SSSR count). The Bertz CT molecular complexity index is 178. The van der Waals surface area contributed by atoms with E-state index in [0.29, 0.717) is 6.04 Å². The van der Waals surface area contributed by atoms with Crippen molar-refractivity contribution in [2.45, 2.75) is 44.9 Å². The molecule has 0 aromatic carbocycles. The smallest absolute Gasteiger partial charge is 0.0936 e. The fourth-order valence-electron chi connectivity index (χ4n) is 2.32. The number of hydrogen-bond donors (Lipinski definition) is 2. The molecule has 3 unspecified atom stereocenters. The van der Waals surface area contributed by atoms with Crippen molar-refractivity contribution >= 4 is 0 Å². The highest BCUT2D eigenvalue weighted by molar-refractivity contribution is 4.80. The van der Waals surface area contributed by atoms with Gasteiger partial charge in [0.2, 0.25) is 0 Å². The second-order valence-electron chi connectivity index (χ2n) is 4.34. The van der Waals surface area contributed by atoms with Crippen molar-refractivity contribution in [3.8, 4) is 0 Å². The van der Waals surface area contributed by atoms with Gasteiger partial charge in [-0.2, -0.15) is 0 Å². The number of nitrogens with two attached hydrogens (primary N) is 1. The van der Waals surface area contributed by atoms with Gasteiger partial charge in [0.25, 0.3) is 0 Å². The highest BCUT2D eigenvalue weighted by atomic mass is 16.5. The Balaban J connectivity index is 2.51. The van der Waals surface area contributed by atoms with Crippen molar-refractivity contribution in [1.29, 1.82) is 0 Å². The number of hydrogen-bond acceptors (Lipinski definition) is 4. The van der Waals surface area contributed by atoms with Crippen LogP contribution in [0.5, 0.6) is 0 Å². The Kier molecular flexibility index (Phi) is 5.53. The summed E-state index contributed by atoms with van der Waals surface area (Å²) in [6, 6.07) is 0.537. The van der Waals surface area contributed by atoms with Crippen molar-refractivity contribution in [3.63, 3.8) is 0 Å². The quantitative estimate of drug-likeness (QED) is 0.689. The molecule has 0 saturated carbocycles. The second-order valence-corrected chi connectivity index (χ2v) is 4.34. The number of morpholine rings is 1. The van der Waals surface area contributed by atoms with Crippen LogP contribution < -0.4 is 5.73 Å². The van der Waals surface area contributed by atoms with Crippen LogP contribution in [0.4, 0.5) is 0 Å². The van der Waals surface area contributed by atoms with Gasteiger partial charge in [-0.25, -0.2) is 0 Å². The Morgan fingerprint density at radius 2 is 2.27 bits per heavy atom. The Hall–Kier alpha value is -0.160. The summed E-state index contributed by atoms with van der Waals surface area (Å²) >= 11 is 0. The zero-order valence-electron chi connectivity index (χ0n) is 9.85. The molecule has 0 spiro atoms. The molecule has 1 saturated heterocycles. The van der Waals surface area contributed by atoms with Crippen molar-refractivity contribution < 1.29 is 9.84 Å². The molecular formula is C11H24N2O2. The second kappa shape index (κ2) is 6.43. The van der Waals surface area contributed by atoms with E-state index in [1.165, 1.54) is 0 Å².